The maximum absolute atomic E-state index is 11.5. The van der Waals surface area contributed by atoms with E-state index < -0.39 is 0 Å². The molecule has 1 aromatic carbocycles. The molecule has 1 N–H and O–H groups in total. The van der Waals surface area contributed by atoms with Crippen molar-refractivity contribution in [3.8, 4) is 5.75 Å². The van der Waals surface area contributed by atoms with Gasteiger partial charge in [-0.15, -0.1) is 6.58 Å². The minimum atomic E-state index is -0.101. The van der Waals surface area contributed by atoms with Crippen molar-refractivity contribution in [1.29, 1.82) is 0 Å². The van der Waals surface area contributed by atoms with Gasteiger partial charge in [-0.05, 0) is 38.1 Å². The second kappa shape index (κ2) is 5.95. The fourth-order valence-corrected chi connectivity index (χ4v) is 1.22. The summed E-state index contributed by atoms with van der Waals surface area (Å²) in [6.45, 7) is 7.94. The molecule has 86 valence electrons. The molecule has 0 heterocycles. The zero-order chi connectivity index (χ0) is 12.0. The van der Waals surface area contributed by atoms with Gasteiger partial charge in [0.1, 0.15) is 5.75 Å². The van der Waals surface area contributed by atoms with E-state index in [0.717, 1.165) is 5.75 Å². The SMILES string of the molecule is C=CCNC(=O)c1ccc(OC(C)C)cc1. The predicted octanol–water partition coefficient (Wildman–Crippen LogP) is 2.39. The highest BCUT2D eigenvalue weighted by molar-refractivity contribution is 5.94. The van der Waals surface area contributed by atoms with E-state index in [1.165, 1.54) is 0 Å². The molecule has 16 heavy (non-hydrogen) atoms. The molecule has 0 atom stereocenters. The minimum absolute atomic E-state index is 0.101. The van der Waals surface area contributed by atoms with Crippen LogP contribution < -0.4 is 10.1 Å². The summed E-state index contributed by atoms with van der Waals surface area (Å²) >= 11 is 0. The van der Waals surface area contributed by atoms with Gasteiger partial charge in [0.2, 0.25) is 0 Å². The quantitative estimate of drug-likeness (QED) is 0.772. The highest BCUT2D eigenvalue weighted by Gasteiger charge is 2.04. The first-order chi connectivity index (χ1) is 7.63. The normalized spacial score (nSPS) is 9.94. The van der Waals surface area contributed by atoms with E-state index in [4.69, 9.17) is 4.74 Å². The van der Waals surface area contributed by atoms with Crippen LogP contribution in [0.2, 0.25) is 0 Å². The average molecular weight is 219 g/mol. The van der Waals surface area contributed by atoms with Crippen molar-refractivity contribution in [3.05, 3.63) is 42.5 Å². The molecular formula is C13H17NO2. The largest absolute Gasteiger partial charge is 0.491 e. The Labute approximate surface area is 96.1 Å². The summed E-state index contributed by atoms with van der Waals surface area (Å²) in [5.74, 6) is 0.672. The van der Waals surface area contributed by atoms with Gasteiger partial charge in [-0.3, -0.25) is 4.79 Å². The molecule has 0 aliphatic heterocycles. The second-order valence-corrected chi connectivity index (χ2v) is 3.69. The zero-order valence-electron chi connectivity index (χ0n) is 9.69. The van der Waals surface area contributed by atoms with E-state index in [1.54, 1.807) is 30.3 Å². The van der Waals surface area contributed by atoms with Crippen LogP contribution in [-0.4, -0.2) is 18.6 Å². The molecular weight excluding hydrogens is 202 g/mol. The van der Waals surface area contributed by atoms with Gasteiger partial charge in [0.15, 0.2) is 0 Å². The number of amides is 1. The smallest absolute Gasteiger partial charge is 0.251 e. The van der Waals surface area contributed by atoms with Crippen LogP contribution in [0.3, 0.4) is 0 Å². The Balaban J connectivity index is 2.63. The summed E-state index contributed by atoms with van der Waals surface area (Å²) in [5.41, 5.74) is 0.623. The van der Waals surface area contributed by atoms with Gasteiger partial charge in [-0.1, -0.05) is 6.08 Å². The molecule has 1 rings (SSSR count). The monoisotopic (exact) mass is 219 g/mol. The van der Waals surface area contributed by atoms with E-state index in [-0.39, 0.29) is 12.0 Å². The molecule has 0 unspecified atom stereocenters. The van der Waals surface area contributed by atoms with E-state index >= 15 is 0 Å². The lowest BCUT2D eigenvalue weighted by molar-refractivity contribution is 0.0958. The number of benzene rings is 1. The Kier molecular flexibility index (Phi) is 4.58. The summed E-state index contributed by atoms with van der Waals surface area (Å²) in [5, 5.41) is 2.71. The maximum atomic E-state index is 11.5. The molecule has 1 amide bonds. The van der Waals surface area contributed by atoms with Crippen molar-refractivity contribution in [2.45, 2.75) is 20.0 Å². The molecule has 0 aliphatic rings. The summed E-state index contributed by atoms with van der Waals surface area (Å²) in [4.78, 5) is 11.5. The first-order valence-electron chi connectivity index (χ1n) is 5.29. The number of nitrogens with one attached hydrogen (secondary N) is 1. The molecule has 0 bridgehead atoms. The lowest BCUT2D eigenvalue weighted by atomic mass is 10.2. The Bertz CT molecular complexity index is 355. The lowest BCUT2D eigenvalue weighted by Crippen LogP contribution is -2.23. The van der Waals surface area contributed by atoms with Gasteiger partial charge < -0.3 is 10.1 Å². The highest BCUT2D eigenvalue weighted by atomic mass is 16.5. The number of rotatable bonds is 5. The third-order valence-corrected chi connectivity index (χ3v) is 1.90. The number of hydrogen-bond acceptors (Lipinski definition) is 2. The lowest BCUT2D eigenvalue weighted by Gasteiger charge is -2.09. The average Bonchev–Trinajstić information content (AvgIpc) is 2.26. The molecule has 0 aromatic heterocycles. The minimum Gasteiger partial charge on any atom is -0.491 e. The first kappa shape index (κ1) is 12.3. The van der Waals surface area contributed by atoms with Gasteiger partial charge >= 0.3 is 0 Å². The van der Waals surface area contributed by atoms with Crippen molar-refractivity contribution < 1.29 is 9.53 Å². The molecule has 0 saturated carbocycles. The van der Waals surface area contributed by atoms with Crippen LogP contribution >= 0.6 is 0 Å². The van der Waals surface area contributed by atoms with Crippen molar-refractivity contribution in [2.24, 2.45) is 0 Å². The van der Waals surface area contributed by atoms with Crippen LogP contribution in [0.5, 0.6) is 5.75 Å². The van der Waals surface area contributed by atoms with Gasteiger partial charge in [0, 0.05) is 12.1 Å². The van der Waals surface area contributed by atoms with E-state index in [2.05, 4.69) is 11.9 Å². The van der Waals surface area contributed by atoms with Crippen molar-refractivity contribution in [1.82, 2.24) is 5.32 Å². The summed E-state index contributed by atoms with van der Waals surface area (Å²) in [6, 6.07) is 7.08. The van der Waals surface area contributed by atoms with E-state index in [0.29, 0.717) is 12.1 Å². The number of ether oxygens (including phenoxy) is 1. The molecule has 0 saturated heterocycles. The van der Waals surface area contributed by atoms with Crippen molar-refractivity contribution in [2.75, 3.05) is 6.54 Å². The van der Waals surface area contributed by atoms with Gasteiger partial charge in [-0.2, -0.15) is 0 Å². The summed E-state index contributed by atoms with van der Waals surface area (Å²) < 4.78 is 5.48. The van der Waals surface area contributed by atoms with Crippen LogP contribution in [0.1, 0.15) is 24.2 Å². The molecule has 0 aliphatic carbocycles. The van der Waals surface area contributed by atoms with E-state index in [1.807, 2.05) is 13.8 Å². The fraction of sp³-hybridized carbons (Fsp3) is 0.308. The van der Waals surface area contributed by atoms with E-state index in [9.17, 15) is 4.79 Å². The Morgan fingerprint density at radius 1 is 1.44 bits per heavy atom. The topological polar surface area (TPSA) is 38.3 Å². The standard InChI is InChI=1S/C13H17NO2/c1-4-9-14-13(15)11-5-7-12(8-6-11)16-10(2)3/h4-8,10H,1,9H2,2-3H3,(H,14,15). The Morgan fingerprint density at radius 3 is 2.56 bits per heavy atom. The molecule has 3 nitrogen and oxygen atoms in total. The van der Waals surface area contributed by atoms with Crippen molar-refractivity contribution in [3.63, 3.8) is 0 Å². The number of hydrogen-bond donors (Lipinski definition) is 1. The number of carbonyl (C=O) groups is 1. The van der Waals surface area contributed by atoms with Crippen LogP contribution in [0.4, 0.5) is 0 Å². The van der Waals surface area contributed by atoms with Crippen LogP contribution in [0, 0.1) is 0 Å². The predicted molar refractivity (Wildman–Crippen MR) is 64.7 cm³/mol. The van der Waals surface area contributed by atoms with Crippen LogP contribution in [0.15, 0.2) is 36.9 Å². The first-order valence-corrected chi connectivity index (χ1v) is 5.29. The van der Waals surface area contributed by atoms with Gasteiger partial charge in [0.25, 0.3) is 5.91 Å². The van der Waals surface area contributed by atoms with Gasteiger partial charge in [0.05, 0.1) is 6.10 Å². The van der Waals surface area contributed by atoms with Gasteiger partial charge in [-0.25, -0.2) is 0 Å². The highest BCUT2D eigenvalue weighted by Crippen LogP contribution is 2.13. The fourth-order valence-electron chi connectivity index (χ4n) is 1.22. The summed E-state index contributed by atoms with van der Waals surface area (Å²) in [6.07, 6.45) is 1.79. The summed E-state index contributed by atoms with van der Waals surface area (Å²) in [7, 11) is 0. The number of carbonyl (C=O) groups excluding carboxylic acids is 1. The molecule has 0 radical (unpaired) electrons. The third kappa shape index (κ3) is 3.77. The van der Waals surface area contributed by atoms with Crippen molar-refractivity contribution >= 4 is 5.91 Å². The third-order valence-electron chi connectivity index (χ3n) is 1.90. The second-order valence-electron chi connectivity index (χ2n) is 3.69. The Morgan fingerprint density at radius 2 is 2.06 bits per heavy atom. The Hall–Kier alpha value is -1.77. The molecule has 0 spiro atoms. The van der Waals surface area contributed by atoms with Crippen LogP contribution in [-0.2, 0) is 0 Å². The molecule has 0 fully saturated rings. The van der Waals surface area contributed by atoms with Crippen LogP contribution in [0.25, 0.3) is 0 Å². The zero-order valence-corrected chi connectivity index (χ0v) is 9.69. The molecule has 1 aromatic rings. The molecule has 3 heteroatoms. The maximum Gasteiger partial charge on any atom is 0.251 e.